The molecule has 1 aliphatic heterocycles. The molecule has 1 aromatic carbocycles. The summed E-state index contributed by atoms with van der Waals surface area (Å²) in [6, 6.07) is 7.72. The van der Waals surface area contributed by atoms with Crippen LogP contribution >= 0.6 is 0 Å². The molecule has 60 valence electrons. The topological polar surface area (TPSA) is 29.6 Å². The van der Waals surface area contributed by atoms with E-state index >= 15 is 0 Å². The third-order valence-corrected chi connectivity index (χ3v) is 2.54. The molecule has 0 radical (unpaired) electrons. The lowest BCUT2D eigenvalue weighted by Crippen LogP contribution is -2.11. The van der Waals surface area contributed by atoms with E-state index in [1.54, 1.807) is 0 Å². The molecular weight excluding hydrogens is 152 g/mol. The van der Waals surface area contributed by atoms with Crippen LogP contribution in [-0.2, 0) is 4.74 Å². The van der Waals surface area contributed by atoms with Crippen molar-refractivity contribution in [1.29, 1.82) is 0 Å². The molecule has 2 unspecified atom stereocenters. The molecular formula is C10H8O2. The molecule has 1 aromatic rings. The van der Waals surface area contributed by atoms with Crippen molar-refractivity contribution >= 4 is 5.78 Å². The van der Waals surface area contributed by atoms with E-state index in [9.17, 15) is 4.79 Å². The fraction of sp³-hybridized carbons (Fsp3) is 0.300. The Morgan fingerprint density at radius 1 is 1.33 bits per heavy atom. The predicted octanol–water partition coefficient (Wildman–Crippen LogP) is 1.71. The van der Waals surface area contributed by atoms with Gasteiger partial charge in [-0.05, 0) is 5.56 Å². The van der Waals surface area contributed by atoms with Gasteiger partial charge < -0.3 is 4.74 Å². The Morgan fingerprint density at radius 2 is 2.17 bits per heavy atom. The van der Waals surface area contributed by atoms with Gasteiger partial charge in [-0.25, -0.2) is 0 Å². The van der Waals surface area contributed by atoms with Crippen LogP contribution in [0.4, 0.5) is 0 Å². The van der Waals surface area contributed by atoms with Crippen LogP contribution in [0.3, 0.4) is 0 Å². The van der Waals surface area contributed by atoms with Crippen molar-refractivity contribution in [2.24, 2.45) is 0 Å². The number of carbonyl (C=O) groups is 1. The molecule has 0 N–H and O–H groups in total. The number of hydrogen-bond donors (Lipinski definition) is 0. The minimum Gasteiger partial charge on any atom is -0.364 e. The largest absolute Gasteiger partial charge is 0.364 e. The van der Waals surface area contributed by atoms with Gasteiger partial charge >= 0.3 is 0 Å². The van der Waals surface area contributed by atoms with E-state index in [0.29, 0.717) is 6.42 Å². The SMILES string of the molecule is O=C1CC2OC2c2ccccc21. The molecule has 0 spiro atoms. The van der Waals surface area contributed by atoms with E-state index in [0.717, 1.165) is 11.1 Å². The van der Waals surface area contributed by atoms with Gasteiger partial charge in [0.25, 0.3) is 0 Å². The second-order valence-electron chi connectivity index (χ2n) is 3.31. The van der Waals surface area contributed by atoms with Crippen molar-refractivity contribution in [3.8, 4) is 0 Å². The summed E-state index contributed by atoms with van der Waals surface area (Å²) < 4.78 is 5.35. The van der Waals surface area contributed by atoms with Gasteiger partial charge in [-0.15, -0.1) is 0 Å². The first-order chi connectivity index (χ1) is 5.86. The molecule has 2 atom stereocenters. The number of ketones is 1. The summed E-state index contributed by atoms with van der Waals surface area (Å²) >= 11 is 0. The van der Waals surface area contributed by atoms with Gasteiger partial charge in [0.1, 0.15) is 6.10 Å². The maximum atomic E-state index is 11.4. The highest BCUT2D eigenvalue weighted by molar-refractivity contribution is 5.99. The van der Waals surface area contributed by atoms with E-state index in [1.165, 1.54) is 0 Å². The number of Topliss-reactive ketones (excluding diaryl/α,β-unsaturated/α-hetero) is 1. The van der Waals surface area contributed by atoms with Crippen molar-refractivity contribution in [2.45, 2.75) is 18.6 Å². The van der Waals surface area contributed by atoms with Gasteiger partial charge in [-0.3, -0.25) is 4.79 Å². The summed E-state index contributed by atoms with van der Waals surface area (Å²) in [5.41, 5.74) is 1.94. The number of epoxide rings is 1. The van der Waals surface area contributed by atoms with E-state index in [1.807, 2.05) is 24.3 Å². The van der Waals surface area contributed by atoms with Crippen LogP contribution < -0.4 is 0 Å². The van der Waals surface area contributed by atoms with Crippen LogP contribution in [-0.4, -0.2) is 11.9 Å². The highest BCUT2D eigenvalue weighted by atomic mass is 16.6. The zero-order chi connectivity index (χ0) is 8.13. The summed E-state index contributed by atoms with van der Waals surface area (Å²) in [4.78, 5) is 11.4. The van der Waals surface area contributed by atoms with Gasteiger partial charge in [-0.1, -0.05) is 24.3 Å². The van der Waals surface area contributed by atoms with Gasteiger partial charge in [0.2, 0.25) is 0 Å². The second-order valence-corrected chi connectivity index (χ2v) is 3.31. The number of fused-ring (bicyclic) bond motifs is 3. The first kappa shape index (κ1) is 6.38. The number of ether oxygens (including phenoxy) is 1. The molecule has 0 amide bonds. The van der Waals surface area contributed by atoms with E-state index in [4.69, 9.17) is 4.74 Å². The lowest BCUT2D eigenvalue weighted by molar-refractivity contribution is 0.0971. The molecule has 2 aliphatic rings. The fourth-order valence-electron chi connectivity index (χ4n) is 1.86. The number of rotatable bonds is 0. The molecule has 1 saturated heterocycles. The van der Waals surface area contributed by atoms with Crippen molar-refractivity contribution in [1.82, 2.24) is 0 Å². The van der Waals surface area contributed by atoms with E-state index < -0.39 is 0 Å². The van der Waals surface area contributed by atoms with Gasteiger partial charge in [0, 0.05) is 12.0 Å². The Bertz CT molecular complexity index is 357. The highest BCUT2D eigenvalue weighted by Crippen LogP contribution is 2.46. The molecule has 0 aromatic heterocycles. The van der Waals surface area contributed by atoms with E-state index in [2.05, 4.69) is 0 Å². The lowest BCUT2D eigenvalue weighted by atomic mass is 9.91. The zero-order valence-corrected chi connectivity index (χ0v) is 6.49. The van der Waals surface area contributed by atoms with Crippen molar-refractivity contribution in [3.63, 3.8) is 0 Å². The lowest BCUT2D eigenvalue weighted by Gasteiger charge is -2.09. The molecule has 2 nitrogen and oxygen atoms in total. The Morgan fingerprint density at radius 3 is 3.08 bits per heavy atom. The Hall–Kier alpha value is -1.15. The number of benzene rings is 1. The Kier molecular flexibility index (Phi) is 1.04. The third-order valence-electron chi connectivity index (χ3n) is 2.54. The fourth-order valence-corrected chi connectivity index (χ4v) is 1.86. The van der Waals surface area contributed by atoms with E-state index in [-0.39, 0.29) is 18.0 Å². The standard InChI is InChI=1S/C10H8O2/c11-8-5-9-10(12-9)7-4-2-1-3-6(7)8/h1-4,9-10H,5H2. The summed E-state index contributed by atoms with van der Waals surface area (Å²) in [5.74, 6) is 0.226. The molecule has 0 bridgehead atoms. The van der Waals surface area contributed by atoms with Crippen LogP contribution in [0.15, 0.2) is 24.3 Å². The van der Waals surface area contributed by atoms with Crippen molar-refractivity contribution < 1.29 is 9.53 Å². The van der Waals surface area contributed by atoms with Crippen LogP contribution in [0, 0.1) is 0 Å². The summed E-state index contributed by atoms with van der Waals surface area (Å²) in [6.45, 7) is 0. The predicted molar refractivity (Wildman–Crippen MR) is 43.0 cm³/mol. The smallest absolute Gasteiger partial charge is 0.165 e. The molecule has 0 saturated carbocycles. The second kappa shape index (κ2) is 1.96. The van der Waals surface area contributed by atoms with Gasteiger partial charge in [0.05, 0.1) is 6.10 Å². The molecule has 3 rings (SSSR count). The summed E-state index contributed by atoms with van der Waals surface area (Å²) in [5, 5.41) is 0. The minimum absolute atomic E-state index is 0.187. The summed E-state index contributed by atoms with van der Waals surface area (Å²) in [6.07, 6.45) is 0.980. The third kappa shape index (κ3) is 0.703. The molecule has 1 aliphatic carbocycles. The minimum atomic E-state index is 0.187. The van der Waals surface area contributed by atoms with Crippen molar-refractivity contribution in [2.75, 3.05) is 0 Å². The zero-order valence-electron chi connectivity index (χ0n) is 6.49. The van der Waals surface area contributed by atoms with Gasteiger partial charge in [0.15, 0.2) is 5.78 Å². The molecule has 12 heavy (non-hydrogen) atoms. The first-order valence-electron chi connectivity index (χ1n) is 4.14. The number of hydrogen-bond acceptors (Lipinski definition) is 2. The maximum Gasteiger partial charge on any atom is 0.165 e. The van der Waals surface area contributed by atoms with Gasteiger partial charge in [-0.2, -0.15) is 0 Å². The van der Waals surface area contributed by atoms with Crippen molar-refractivity contribution in [3.05, 3.63) is 35.4 Å². The first-order valence-corrected chi connectivity index (χ1v) is 4.14. The van der Waals surface area contributed by atoms with Crippen LogP contribution in [0.25, 0.3) is 0 Å². The normalized spacial score (nSPS) is 30.8. The van der Waals surface area contributed by atoms with Crippen LogP contribution in [0.2, 0.25) is 0 Å². The Labute approximate surface area is 70.2 Å². The Balaban J connectivity index is 2.21. The van der Waals surface area contributed by atoms with Crippen LogP contribution in [0.1, 0.15) is 28.4 Å². The van der Waals surface area contributed by atoms with Crippen LogP contribution in [0.5, 0.6) is 0 Å². The highest BCUT2D eigenvalue weighted by Gasteiger charge is 2.46. The molecule has 2 heteroatoms. The number of carbonyl (C=O) groups excluding carboxylic acids is 1. The quantitative estimate of drug-likeness (QED) is 0.541. The average molecular weight is 160 g/mol. The molecule has 1 heterocycles. The summed E-state index contributed by atoms with van der Waals surface area (Å²) in [7, 11) is 0. The average Bonchev–Trinajstić information content (AvgIpc) is 2.84. The maximum absolute atomic E-state index is 11.4. The monoisotopic (exact) mass is 160 g/mol. The molecule has 1 fully saturated rings.